The molecule has 1 rings (SSSR count). The van der Waals surface area contributed by atoms with Crippen molar-refractivity contribution in [2.75, 3.05) is 24.3 Å². The summed E-state index contributed by atoms with van der Waals surface area (Å²) in [6.07, 6.45) is 0. The van der Waals surface area contributed by atoms with Crippen LogP contribution in [0.5, 0.6) is 0 Å². The predicted octanol–water partition coefficient (Wildman–Crippen LogP) is 1.02. The number of nitrogens with one attached hydrogen (secondary N) is 1. The highest BCUT2D eigenvalue weighted by atomic mass is 16.5. The Labute approximate surface area is 108 Å². The number of aliphatic hydroxyl groups excluding tert-OH is 1. The summed E-state index contributed by atoms with van der Waals surface area (Å²) in [4.78, 5) is 8.39. The highest BCUT2D eigenvalue weighted by Gasteiger charge is 2.13. The van der Waals surface area contributed by atoms with E-state index in [0.717, 1.165) is 0 Å². The van der Waals surface area contributed by atoms with Gasteiger partial charge in [-0.05, 0) is 12.8 Å². The van der Waals surface area contributed by atoms with Crippen LogP contribution < -0.4 is 11.1 Å². The van der Waals surface area contributed by atoms with Crippen molar-refractivity contribution in [3.05, 3.63) is 11.9 Å². The van der Waals surface area contributed by atoms with E-state index in [9.17, 15) is 5.11 Å². The number of nitrogen functional groups attached to an aromatic ring is 1. The molecule has 1 unspecified atom stereocenters. The first-order chi connectivity index (χ1) is 8.56. The van der Waals surface area contributed by atoms with E-state index in [4.69, 9.17) is 10.5 Å². The van der Waals surface area contributed by atoms with Gasteiger partial charge in [-0.3, -0.25) is 0 Å². The lowest BCUT2D eigenvalue weighted by Crippen LogP contribution is -2.30. The zero-order chi connectivity index (χ0) is 13.5. The molecule has 0 radical (unpaired) electrons. The maximum Gasteiger partial charge on any atom is 0.158 e. The van der Waals surface area contributed by atoms with Crippen molar-refractivity contribution < 1.29 is 9.84 Å². The lowest BCUT2D eigenvalue weighted by molar-refractivity contribution is 0.128. The van der Waals surface area contributed by atoms with Gasteiger partial charge in [0.2, 0.25) is 0 Å². The molecule has 0 aliphatic rings. The van der Waals surface area contributed by atoms with Crippen LogP contribution in [0.15, 0.2) is 6.07 Å². The minimum absolute atomic E-state index is 0.0440. The summed E-state index contributed by atoms with van der Waals surface area (Å²) in [7, 11) is 0. The quantitative estimate of drug-likeness (QED) is 0.673. The van der Waals surface area contributed by atoms with Crippen molar-refractivity contribution >= 4 is 11.6 Å². The van der Waals surface area contributed by atoms with Crippen LogP contribution in [0.3, 0.4) is 0 Å². The van der Waals surface area contributed by atoms with E-state index in [2.05, 4.69) is 15.3 Å². The van der Waals surface area contributed by atoms with Gasteiger partial charge in [-0.2, -0.15) is 0 Å². The van der Waals surface area contributed by atoms with E-state index < -0.39 is 0 Å². The minimum atomic E-state index is -0.0563. The molecule has 0 aromatic carbocycles. The summed E-state index contributed by atoms with van der Waals surface area (Å²) in [6, 6.07) is 1.60. The van der Waals surface area contributed by atoms with Gasteiger partial charge in [0.15, 0.2) is 5.82 Å². The van der Waals surface area contributed by atoms with Gasteiger partial charge in [-0.25, -0.2) is 9.97 Å². The van der Waals surface area contributed by atoms with Gasteiger partial charge in [0.1, 0.15) is 18.2 Å². The van der Waals surface area contributed by atoms with Crippen molar-refractivity contribution in [3.63, 3.8) is 0 Å². The molecule has 102 valence electrons. The van der Waals surface area contributed by atoms with E-state index >= 15 is 0 Å². The number of aliphatic hydroxyl groups is 1. The summed E-state index contributed by atoms with van der Waals surface area (Å²) in [6.45, 7) is 6.95. The summed E-state index contributed by atoms with van der Waals surface area (Å²) < 4.78 is 5.25. The molecule has 1 atom stereocenters. The number of rotatable bonds is 7. The Morgan fingerprint density at radius 1 is 1.44 bits per heavy atom. The first-order valence-electron chi connectivity index (χ1n) is 6.15. The molecular formula is C12H22N4O2. The molecule has 0 amide bonds. The van der Waals surface area contributed by atoms with Crippen LogP contribution in [0.1, 0.15) is 26.6 Å². The number of anilines is 2. The van der Waals surface area contributed by atoms with Gasteiger partial charge in [0.25, 0.3) is 0 Å². The van der Waals surface area contributed by atoms with E-state index in [1.165, 1.54) is 0 Å². The van der Waals surface area contributed by atoms with Gasteiger partial charge in [0, 0.05) is 12.7 Å². The van der Waals surface area contributed by atoms with Crippen LogP contribution >= 0.6 is 0 Å². The number of hydrogen-bond donors (Lipinski definition) is 3. The molecule has 1 aromatic rings. The molecule has 1 aromatic heterocycles. The minimum Gasteiger partial charge on any atom is -0.394 e. The Bertz CT molecular complexity index is 371. The van der Waals surface area contributed by atoms with Gasteiger partial charge in [-0.15, -0.1) is 0 Å². The monoisotopic (exact) mass is 254 g/mol. The fraction of sp³-hybridized carbons (Fsp3) is 0.667. The van der Waals surface area contributed by atoms with Crippen LogP contribution in [0.25, 0.3) is 0 Å². The Kier molecular flexibility index (Phi) is 5.80. The average Bonchev–Trinajstić information content (AvgIpc) is 2.32. The molecule has 0 fully saturated rings. The highest BCUT2D eigenvalue weighted by molar-refractivity contribution is 5.45. The average molecular weight is 254 g/mol. The molecule has 6 nitrogen and oxygen atoms in total. The Morgan fingerprint density at radius 3 is 2.72 bits per heavy atom. The summed E-state index contributed by atoms with van der Waals surface area (Å²) in [5, 5.41) is 12.4. The van der Waals surface area contributed by atoms with Crippen LogP contribution in [-0.4, -0.2) is 34.3 Å². The molecule has 0 aliphatic heterocycles. The van der Waals surface area contributed by atoms with Gasteiger partial charge >= 0.3 is 0 Å². The van der Waals surface area contributed by atoms with Crippen LogP contribution in [0.4, 0.5) is 11.6 Å². The van der Waals surface area contributed by atoms with E-state index in [0.29, 0.717) is 36.6 Å². The lowest BCUT2D eigenvalue weighted by Gasteiger charge is -2.20. The molecule has 0 saturated carbocycles. The molecule has 0 spiro atoms. The fourth-order valence-electron chi connectivity index (χ4n) is 1.46. The number of nitrogens with zero attached hydrogens (tertiary/aromatic N) is 2. The second-order valence-corrected chi connectivity index (χ2v) is 4.41. The van der Waals surface area contributed by atoms with E-state index in [1.807, 2.05) is 20.8 Å². The first-order valence-corrected chi connectivity index (χ1v) is 6.15. The molecule has 6 heteroatoms. The third kappa shape index (κ3) is 4.46. The molecular weight excluding hydrogens is 232 g/mol. The van der Waals surface area contributed by atoms with Crippen molar-refractivity contribution in [3.8, 4) is 0 Å². The van der Waals surface area contributed by atoms with Crippen molar-refractivity contribution in [1.29, 1.82) is 0 Å². The highest BCUT2D eigenvalue weighted by Crippen LogP contribution is 2.13. The predicted molar refractivity (Wildman–Crippen MR) is 71.1 cm³/mol. The maximum absolute atomic E-state index is 9.28. The van der Waals surface area contributed by atoms with Crippen LogP contribution in [-0.2, 0) is 11.3 Å². The van der Waals surface area contributed by atoms with E-state index in [-0.39, 0.29) is 12.6 Å². The summed E-state index contributed by atoms with van der Waals surface area (Å²) in [5.41, 5.74) is 5.72. The third-order valence-electron chi connectivity index (χ3n) is 2.56. The molecule has 1 heterocycles. The second-order valence-electron chi connectivity index (χ2n) is 4.41. The van der Waals surface area contributed by atoms with Gasteiger partial charge < -0.3 is 20.9 Å². The molecule has 18 heavy (non-hydrogen) atoms. The smallest absolute Gasteiger partial charge is 0.158 e. The van der Waals surface area contributed by atoms with Gasteiger partial charge in [-0.1, -0.05) is 13.8 Å². The second kappa shape index (κ2) is 7.13. The Balaban J connectivity index is 2.78. The SMILES string of the molecule is CCOCc1nc(N)cc(NC(CO)C(C)C)n1. The van der Waals surface area contributed by atoms with Crippen LogP contribution in [0, 0.1) is 5.92 Å². The van der Waals surface area contributed by atoms with E-state index in [1.54, 1.807) is 6.07 Å². The normalized spacial score (nSPS) is 12.7. The largest absolute Gasteiger partial charge is 0.394 e. The third-order valence-corrected chi connectivity index (χ3v) is 2.56. The summed E-state index contributed by atoms with van der Waals surface area (Å²) in [5.74, 6) is 1.84. The number of aromatic nitrogens is 2. The molecule has 0 bridgehead atoms. The molecule has 0 aliphatic carbocycles. The van der Waals surface area contributed by atoms with Gasteiger partial charge in [0.05, 0.1) is 12.6 Å². The standard InChI is InChI=1S/C12H22N4O2/c1-4-18-7-12-15-10(13)5-11(16-12)14-9(6-17)8(2)3/h5,8-9,17H,4,6-7H2,1-3H3,(H3,13,14,15,16). The molecule has 4 N–H and O–H groups in total. The fourth-order valence-corrected chi connectivity index (χ4v) is 1.46. The maximum atomic E-state index is 9.28. The topological polar surface area (TPSA) is 93.3 Å². The molecule has 0 saturated heterocycles. The number of nitrogens with two attached hydrogens (primary N) is 1. The number of ether oxygens (including phenoxy) is 1. The zero-order valence-corrected chi connectivity index (χ0v) is 11.2. The number of hydrogen-bond acceptors (Lipinski definition) is 6. The van der Waals surface area contributed by atoms with Crippen molar-refractivity contribution in [2.24, 2.45) is 5.92 Å². The van der Waals surface area contributed by atoms with Crippen molar-refractivity contribution in [1.82, 2.24) is 9.97 Å². The first kappa shape index (κ1) is 14.7. The van der Waals surface area contributed by atoms with Crippen LogP contribution in [0.2, 0.25) is 0 Å². The summed E-state index contributed by atoms with van der Waals surface area (Å²) >= 11 is 0. The lowest BCUT2D eigenvalue weighted by atomic mass is 10.1. The Morgan fingerprint density at radius 2 is 2.17 bits per heavy atom. The van der Waals surface area contributed by atoms with Crippen molar-refractivity contribution in [2.45, 2.75) is 33.4 Å². The Hall–Kier alpha value is -1.40. The zero-order valence-electron chi connectivity index (χ0n) is 11.2.